The van der Waals surface area contributed by atoms with E-state index in [1.807, 2.05) is 30.3 Å². The van der Waals surface area contributed by atoms with E-state index >= 15 is 0 Å². The van der Waals surface area contributed by atoms with Crippen molar-refractivity contribution in [2.45, 2.75) is 44.8 Å². The van der Waals surface area contributed by atoms with Gasteiger partial charge in [-0.15, -0.1) is 0 Å². The number of benzene rings is 1. The van der Waals surface area contributed by atoms with Crippen molar-refractivity contribution in [1.82, 2.24) is 15.1 Å². The minimum atomic E-state index is 0.0806. The number of hydrogen-bond donors (Lipinski definition) is 1. The third-order valence-electron chi connectivity index (χ3n) is 5.36. The molecule has 1 aromatic carbocycles. The van der Waals surface area contributed by atoms with E-state index in [0.29, 0.717) is 6.54 Å². The Kier molecular flexibility index (Phi) is 6.70. The second kappa shape index (κ2) is 9.20. The SMILES string of the molecule is CCN1CCN(CC(=O)NC2CCCCC2Oc2ccccc2)CC1. The second-order valence-corrected chi connectivity index (χ2v) is 7.14. The minimum absolute atomic E-state index is 0.0806. The third kappa shape index (κ3) is 5.44. The number of para-hydroxylation sites is 1. The van der Waals surface area contributed by atoms with Crippen molar-refractivity contribution in [3.63, 3.8) is 0 Å². The summed E-state index contributed by atoms with van der Waals surface area (Å²) >= 11 is 0. The van der Waals surface area contributed by atoms with Crippen molar-refractivity contribution in [2.75, 3.05) is 39.3 Å². The molecule has 5 nitrogen and oxygen atoms in total. The summed E-state index contributed by atoms with van der Waals surface area (Å²) in [6.07, 6.45) is 4.43. The number of rotatable bonds is 6. The molecule has 0 radical (unpaired) electrons. The van der Waals surface area contributed by atoms with Crippen LogP contribution in [0.3, 0.4) is 0 Å². The highest BCUT2D eigenvalue weighted by molar-refractivity contribution is 5.78. The van der Waals surface area contributed by atoms with Gasteiger partial charge in [0.05, 0.1) is 12.6 Å². The maximum atomic E-state index is 12.5. The summed E-state index contributed by atoms with van der Waals surface area (Å²) in [6, 6.07) is 10.1. The summed E-state index contributed by atoms with van der Waals surface area (Å²) in [5.41, 5.74) is 0. The molecule has 2 aliphatic rings. The molecule has 2 unspecified atom stereocenters. The van der Waals surface area contributed by atoms with E-state index in [1.165, 1.54) is 6.42 Å². The Morgan fingerprint density at radius 2 is 1.76 bits per heavy atom. The molecule has 1 aromatic rings. The lowest BCUT2D eigenvalue weighted by atomic mass is 9.92. The second-order valence-electron chi connectivity index (χ2n) is 7.14. The summed E-state index contributed by atoms with van der Waals surface area (Å²) in [5.74, 6) is 1.03. The van der Waals surface area contributed by atoms with Crippen molar-refractivity contribution in [2.24, 2.45) is 0 Å². The highest BCUT2D eigenvalue weighted by atomic mass is 16.5. The first-order valence-corrected chi connectivity index (χ1v) is 9.70. The van der Waals surface area contributed by atoms with Crippen LogP contribution in [0, 0.1) is 0 Å². The molecular weight excluding hydrogens is 314 g/mol. The number of nitrogens with zero attached hydrogens (tertiary/aromatic N) is 2. The van der Waals surface area contributed by atoms with Gasteiger partial charge < -0.3 is 15.0 Å². The molecule has 138 valence electrons. The number of carbonyl (C=O) groups excluding carboxylic acids is 1. The number of piperazine rings is 1. The largest absolute Gasteiger partial charge is 0.488 e. The van der Waals surface area contributed by atoms with Crippen LogP contribution in [0.2, 0.25) is 0 Å². The van der Waals surface area contributed by atoms with Crippen molar-refractivity contribution in [3.8, 4) is 5.75 Å². The van der Waals surface area contributed by atoms with E-state index in [1.54, 1.807) is 0 Å². The molecule has 1 heterocycles. The lowest BCUT2D eigenvalue weighted by Crippen LogP contribution is -2.53. The number of hydrogen-bond acceptors (Lipinski definition) is 4. The molecular formula is C20H31N3O2. The molecule has 2 fully saturated rings. The van der Waals surface area contributed by atoms with Crippen LogP contribution in [0.4, 0.5) is 0 Å². The molecule has 1 amide bonds. The Bertz CT molecular complexity index is 529. The molecule has 0 spiro atoms. The van der Waals surface area contributed by atoms with Gasteiger partial charge in [-0.3, -0.25) is 9.69 Å². The molecule has 3 rings (SSSR count). The highest BCUT2D eigenvalue weighted by Gasteiger charge is 2.29. The van der Waals surface area contributed by atoms with Gasteiger partial charge in [0.1, 0.15) is 11.9 Å². The smallest absolute Gasteiger partial charge is 0.234 e. The zero-order chi connectivity index (χ0) is 17.5. The van der Waals surface area contributed by atoms with Gasteiger partial charge in [0.25, 0.3) is 0 Å². The topological polar surface area (TPSA) is 44.8 Å². The number of ether oxygens (including phenoxy) is 1. The zero-order valence-electron chi connectivity index (χ0n) is 15.3. The first-order valence-electron chi connectivity index (χ1n) is 9.70. The van der Waals surface area contributed by atoms with Gasteiger partial charge in [-0.2, -0.15) is 0 Å². The van der Waals surface area contributed by atoms with Crippen LogP contribution in [0.1, 0.15) is 32.6 Å². The summed E-state index contributed by atoms with van der Waals surface area (Å²) in [6.45, 7) is 7.89. The Labute approximate surface area is 151 Å². The Morgan fingerprint density at radius 1 is 1.08 bits per heavy atom. The number of carbonyl (C=O) groups is 1. The quantitative estimate of drug-likeness (QED) is 0.858. The minimum Gasteiger partial charge on any atom is -0.488 e. The van der Waals surface area contributed by atoms with E-state index in [4.69, 9.17) is 4.74 Å². The van der Waals surface area contributed by atoms with Crippen molar-refractivity contribution in [1.29, 1.82) is 0 Å². The van der Waals surface area contributed by atoms with Crippen LogP contribution in [0.15, 0.2) is 30.3 Å². The number of likely N-dealkylation sites (N-methyl/N-ethyl adjacent to an activating group) is 1. The van der Waals surface area contributed by atoms with Crippen LogP contribution in [0.5, 0.6) is 5.75 Å². The summed E-state index contributed by atoms with van der Waals surface area (Å²) in [4.78, 5) is 17.2. The van der Waals surface area contributed by atoms with E-state index in [0.717, 1.165) is 57.7 Å². The van der Waals surface area contributed by atoms with Gasteiger partial charge in [-0.25, -0.2) is 0 Å². The van der Waals surface area contributed by atoms with Gasteiger partial charge in [-0.05, 0) is 37.9 Å². The lowest BCUT2D eigenvalue weighted by Gasteiger charge is -2.35. The normalized spacial score (nSPS) is 25.5. The molecule has 0 aromatic heterocycles. The van der Waals surface area contributed by atoms with E-state index in [9.17, 15) is 4.79 Å². The van der Waals surface area contributed by atoms with Gasteiger partial charge in [-0.1, -0.05) is 31.5 Å². The van der Waals surface area contributed by atoms with Crippen LogP contribution in [0.25, 0.3) is 0 Å². The first-order chi connectivity index (χ1) is 12.2. The first kappa shape index (κ1) is 18.2. The molecule has 1 saturated carbocycles. The molecule has 2 atom stereocenters. The highest BCUT2D eigenvalue weighted by Crippen LogP contribution is 2.23. The maximum Gasteiger partial charge on any atom is 0.234 e. The molecule has 0 bridgehead atoms. The van der Waals surface area contributed by atoms with E-state index < -0.39 is 0 Å². The molecule has 1 aliphatic carbocycles. The Hall–Kier alpha value is -1.59. The molecule has 1 N–H and O–H groups in total. The summed E-state index contributed by atoms with van der Waals surface area (Å²) < 4.78 is 6.15. The average Bonchev–Trinajstić information content (AvgIpc) is 2.65. The predicted octanol–water partition coefficient (Wildman–Crippen LogP) is 2.13. The van der Waals surface area contributed by atoms with Gasteiger partial charge in [0.2, 0.25) is 5.91 Å². The summed E-state index contributed by atoms with van der Waals surface area (Å²) in [7, 11) is 0. The number of amides is 1. The molecule has 5 heteroatoms. The monoisotopic (exact) mass is 345 g/mol. The maximum absolute atomic E-state index is 12.5. The molecule has 1 saturated heterocycles. The number of nitrogens with one attached hydrogen (secondary N) is 1. The fraction of sp³-hybridized carbons (Fsp3) is 0.650. The van der Waals surface area contributed by atoms with Crippen molar-refractivity contribution >= 4 is 5.91 Å². The van der Waals surface area contributed by atoms with E-state index in [2.05, 4.69) is 22.0 Å². The lowest BCUT2D eigenvalue weighted by molar-refractivity contribution is -0.124. The molecule has 1 aliphatic heterocycles. The average molecular weight is 345 g/mol. The van der Waals surface area contributed by atoms with Crippen molar-refractivity contribution in [3.05, 3.63) is 30.3 Å². The Balaban J connectivity index is 1.48. The van der Waals surface area contributed by atoms with Gasteiger partial charge in [0.15, 0.2) is 0 Å². The van der Waals surface area contributed by atoms with Crippen LogP contribution >= 0.6 is 0 Å². The fourth-order valence-corrected chi connectivity index (χ4v) is 3.80. The third-order valence-corrected chi connectivity index (χ3v) is 5.36. The van der Waals surface area contributed by atoms with Crippen molar-refractivity contribution < 1.29 is 9.53 Å². The Morgan fingerprint density at radius 3 is 2.48 bits per heavy atom. The fourth-order valence-electron chi connectivity index (χ4n) is 3.80. The van der Waals surface area contributed by atoms with Gasteiger partial charge >= 0.3 is 0 Å². The van der Waals surface area contributed by atoms with Crippen LogP contribution in [-0.4, -0.2) is 67.1 Å². The molecule has 25 heavy (non-hydrogen) atoms. The summed E-state index contributed by atoms with van der Waals surface area (Å²) in [5, 5.41) is 3.24. The van der Waals surface area contributed by atoms with Crippen LogP contribution < -0.4 is 10.1 Å². The van der Waals surface area contributed by atoms with E-state index in [-0.39, 0.29) is 18.1 Å². The standard InChI is InChI=1S/C20H31N3O2/c1-2-22-12-14-23(15-13-22)16-20(24)21-18-10-6-7-11-19(18)25-17-8-4-3-5-9-17/h3-5,8-9,18-19H,2,6-7,10-16H2,1H3,(H,21,24). The predicted molar refractivity (Wildman–Crippen MR) is 99.8 cm³/mol. The zero-order valence-corrected chi connectivity index (χ0v) is 15.3. The van der Waals surface area contributed by atoms with Gasteiger partial charge in [0, 0.05) is 26.2 Å². The van der Waals surface area contributed by atoms with Crippen LogP contribution in [-0.2, 0) is 4.79 Å².